The Kier molecular flexibility index (Phi) is 4.65. The minimum atomic E-state index is -1.05. The van der Waals surface area contributed by atoms with Crippen LogP contribution in [0, 0.1) is 0 Å². The minimum Gasteiger partial charge on any atom is -0.480 e. The maximum Gasteiger partial charge on any atom is 0.323 e. The van der Waals surface area contributed by atoms with Gasteiger partial charge >= 0.3 is 5.97 Å². The highest BCUT2D eigenvalue weighted by Crippen LogP contribution is 2.11. The summed E-state index contributed by atoms with van der Waals surface area (Å²) in [6, 6.07) is 0. The van der Waals surface area contributed by atoms with Gasteiger partial charge in [-0.05, 0) is 6.42 Å². The van der Waals surface area contributed by atoms with Crippen molar-refractivity contribution in [2.24, 2.45) is 7.05 Å². The highest BCUT2D eigenvalue weighted by molar-refractivity contribution is 5.96. The average Bonchev–Trinajstić information content (AvgIpc) is 2.68. The fraction of sp³-hybridized carbons (Fsp3) is 0.417. The molecule has 0 aliphatic heterocycles. The van der Waals surface area contributed by atoms with Crippen molar-refractivity contribution in [3.05, 3.63) is 30.1 Å². The lowest BCUT2D eigenvalue weighted by Crippen LogP contribution is -2.36. The summed E-state index contributed by atoms with van der Waals surface area (Å²) >= 11 is 0. The van der Waals surface area contributed by atoms with E-state index < -0.39 is 5.97 Å². The standard InChI is InChI=1S/C12H17N3O3/c1-4-6-15(8-11(16)17)12(18)9-7-14(3)13-10(9)5-2/h4,7H,1,5-6,8H2,2-3H3,(H,16,17). The Morgan fingerprint density at radius 3 is 2.78 bits per heavy atom. The van der Waals surface area contributed by atoms with E-state index in [0.29, 0.717) is 17.7 Å². The minimum absolute atomic E-state index is 0.198. The normalized spacial score (nSPS) is 10.1. The van der Waals surface area contributed by atoms with Crippen molar-refractivity contribution in [2.45, 2.75) is 13.3 Å². The SMILES string of the molecule is C=CCN(CC(=O)O)C(=O)c1cn(C)nc1CC. The predicted octanol–water partition coefficient (Wildman–Crippen LogP) is 0.695. The zero-order chi connectivity index (χ0) is 13.7. The Hall–Kier alpha value is -2.11. The summed E-state index contributed by atoms with van der Waals surface area (Å²) in [5.41, 5.74) is 1.12. The summed E-state index contributed by atoms with van der Waals surface area (Å²) in [4.78, 5) is 24.2. The fourth-order valence-corrected chi connectivity index (χ4v) is 1.68. The van der Waals surface area contributed by atoms with Crippen molar-refractivity contribution in [3.8, 4) is 0 Å². The topological polar surface area (TPSA) is 75.4 Å². The first-order valence-electron chi connectivity index (χ1n) is 5.64. The molecule has 0 spiro atoms. The number of carbonyl (C=O) groups is 2. The molecule has 1 rings (SSSR count). The molecule has 1 N–H and O–H groups in total. The molecule has 0 aliphatic rings. The molecule has 1 amide bonds. The van der Waals surface area contributed by atoms with E-state index in [1.54, 1.807) is 17.9 Å². The largest absolute Gasteiger partial charge is 0.480 e. The first kappa shape index (κ1) is 14.0. The van der Waals surface area contributed by atoms with E-state index in [1.165, 1.54) is 11.0 Å². The number of amides is 1. The molecule has 0 aromatic carbocycles. The number of rotatable bonds is 6. The summed E-state index contributed by atoms with van der Waals surface area (Å²) < 4.78 is 1.55. The van der Waals surface area contributed by atoms with Crippen LogP contribution in [0.1, 0.15) is 23.0 Å². The quantitative estimate of drug-likeness (QED) is 0.755. The number of nitrogens with zero attached hydrogens (tertiary/aromatic N) is 3. The molecule has 0 saturated heterocycles. The Labute approximate surface area is 106 Å². The second-order valence-electron chi connectivity index (χ2n) is 3.88. The lowest BCUT2D eigenvalue weighted by molar-refractivity contribution is -0.137. The maximum atomic E-state index is 12.2. The van der Waals surface area contributed by atoms with Gasteiger partial charge in [0.1, 0.15) is 6.54 Å². The van der Waals surface area contributed by atoms with Gasteiger partial charge in [-0.25, -0.2) is 0 Å². The summed E-state index contributed by atoms with van der Waals surface area (Å²) in [7, 11) is 1.73. The van der Waals surface area contributed by atoms with Gasteiger partial charge in [-0.2, -0.15) is 5.10 Å². The van der Waals surface area contributed by atoms with Crippen molar-refractivity contribution >= 4 is 11.9 Å². The van der Waals surface area contributed by atoms with Gasteiger partial charge in [0.25, 0.3) is 5.91 Å². The van der Waals surface area contributed by atoms with Crippen LogP contribution in [0.5, 0.6) is 0 Å². The number of carbonyl (C=O) groups excluding carboxylic acids is 1. The number of hydrogen-bond acceptors (Lipinski definition) is 3. The lowest BCUT2D eigenvalue weighted by atomic mass is 10.2. The van der Waals surface area contributed by atoms with Crippen LogP contribution in [0.3, 0.4) is 0 Å². The summed E-state index contributed by atoms with van der Waals surface area (Å²) in [5, 5.41) is 13.0. The molecule has 0 bridgehead atoms. The van der Waals surface area contributed by atoms with Gasteiger partial charge in [0.15, 0.2) is 0 Å². The van der Waals surface area contributed by atoms with Crippen LogP contribution in [0.25, 0.3) is 0 Å². The van der Waals surface area contributed by atoms with Crippen LogP contribution < -0.4 is 0 Å². The lowest BCUT2D eigenvalue weighted by Gasteiger charge is -2.18. The molecule has 0 unspecified atom stereocenters. The van der Waals surface area contributed by atoms with Crippen LogP contribution in [0.4, 0.5) is 0 Å². The Morgan fingerprint density at radius 1 is 1.61 bits per heavy atom. The molecule has 6 heteroatoms. The highest BCUT2D eigenvalue weighted by atomic mass is 16.4. The second-order valence-corrected chi connectivity index (χ2v) is 3.88. The molecule has 0 saturated carbocycles. The third kappa shape index (κ3) is 3.19. The number of aliphatic carboxylic acids is 1. The highest BCUT2D eigenvalue weighted by Gasteiger charge is 2.21. The van der Waals surface area contributed by atoms with Gasteiger partial charge in [-0.3, -0.25) is 14.3 Å². The smallest absolute Gasteiger partial charge is 0.323 e. The summed E-state index contributed by atoms with van der Waals surface area (Å²) in [5.74, 6) is -1.38. The molecule has 1 heterocycles. The molecule has 0 fully saturated rings. The van der Waals surface area contributed by atoms with Gasteiger partial charge in [0.05, 0.1) is 11.3 Å². The van der Waals surface area contributed by atoms with Crippen molar-refractivity contribution in [2.75, 3.05) is 13.1 Å². The Bertz CT molecular complexity index is 465. The first-order valence-corrected chi connectivity index (χ1v) is 5.64. The van der Waals surface area contributed by atoms with E-state index in [-0.39, 0.29) is 19.0 Å². The van der Waals surface area contributed by atoms with Crippen LogP contribution in [0.2, 0.25) is 0 Å². The number of aryl methyl sites for hydroxylation is 2. The monoisotopic (exact) mass is 251 g/mol. The average molecular weight is 251 g/mol. The number of carboxylic acids is 1. The van der Waals surface area contributed by atoms with Crippen molar-refractivity contribution in [1.29, 1.82) is 0 Å². The maximum absolute atomic E-state index is 12.2. The molecule has 1 aromatic rings. The van der Waals surface area contributed by atoms with E-state index >= 15 is 0 Å². The van der Waals surface area contributed by atoms with Crippen molar-refractivity contribution in [3.63, 3.8) is 0 Å². The zero-order valence-electron chi connectivity index (χ0n) is 10.6. The van der Waals surface area contributed by atoms with E-state index in [0.717, 1.165) is 0 Å². The Morgan fingerprint density at radius 2 is 2.28 bits per heavy atom. The number of carboxylic acid groups (broad SMARTS) is 1. The summed E-state index contributed by atoms with van der Waals surface area (Å²) in [6.45, 7) is 5.27. The van der Waals surface area contributed by atoms with Crippen molar-refractivity contribution < 1.29 is 14.7 Å². The van der Waals surface area contributed by atoms with Gasteiger partial charge in [-0.15, -0.1) is 6.58 Å². The molecule has 6 nitrogen and oxygen atoms in total. The van der Waals surface area contributed by atoms with Gasteiger partial charge < -0.3 is 10.0 Å². The number of aromatic nitrogens is 2. The molecule has 0 atom stereocenters. The second kappa shape index (κ2) is 6.00. The summed E-state index contributed by atoms with van der Waals surface area (Å²) in [6.07, 6.45) is 3.73. The van der Waals surface area contributed by atoms with Crippen LogP contribution >= 0.6 is 0 Å². The fourth-order valence-electron chi connectivity index (χ4n) is 1.68. The van der Waals surface area contributed by atoms with E-state index in [4.69, 9.17) is 5.11 Å². The molecular formula is C12H17N3O3. The molecule has 18 heavy (non-hydrogen) atoms. The molecular weight excluding hydrogens is 234 g/mol. The van der Waals surface area contributed by atoms with Gasteiger partial charge in [0, 0.05) is 19.8 Å². The first-order chi connectivity index (χ1) is 8.49. The van der Waals surface area contributed by atoms with Gasteiger partial charge in [-0.1, -0.05) is 13.0 Å². The molecule has 0 aliphatic carbocycles. The van der Waals surface area contributed by atoms with Crippen LogP contribution in [-0.2, 0) is 18.3 Å². The van der Waals surface area contributed by atoms with E-state index in [2.05, 4.69) is 11.7 Å². The molecule has 0 radical (unpaired) electrons. The van der Waals surface area contributed by atoms with Crippen LogP contribution in [0.15, 0.2) is 18.9 Å². The predicted molar refractivity (Wildman–Crippen MR) is 66.3 cm³/mol. The van der Waals surface area contributed by atoms with E-state index in [9.17, 15) is 9.59 Å². The zero-order valence-corrected chi connectivity index (χ0v) is 10.6. The molecule has 98 valence electrons. The van der Waals surface area contributed by atoms with Gasteiger partial charge in [0.2, 0.25) is 0 Å². The Balaban J connectivity index is 3.00. The van der Waals surface area contributed by atoms with E-state index in [1.807, 2.05) is 6.92 Å². The third-order valence-electron chi connectivity index (χ3n) is 2.43. The van der Waals surface area contributed by atoms with Crippen LogP contribution in [-0.4, -0.2) is 44.8 Å². The third-order valence-corrected chi connectivity index (χ3v) is 2.43. The molecule has 1 aromatic heterocycles. The van der Waals surface area contributed by atoms with Crippen molar-refractivity contribution in [1.82, 2.24) is 14.7 Å². The number of hydrogen-bond donors (Lipinski definition) is 1.